The highest BCUT2D eigenvalue weighted by Gasteiger charge is 2.38. The summed E-state index contributed by atoms with van der Waals surface area (Å²) in [5.74, 6) is 0. The molecule has 2 atom stereocenters. The van der Waals surface area contributed by atoms with Gasteiger partial charge in [0.25, 0.3) is 0 Å². The first kappa shape index (κ1) is 17.7. The number of rotatable bonds is 4. The van der Waals surface area contributed by atoms with Gasteiger partial charge in [0, 0.05) is 12.1 Å². The third-order valence-electron chi connectivity index (χ3n) is 3.71. The summed E-state index contributed by atoms with van der Waals surface area (Å²) in [6, 6.07) is 11.9. The van der Waals surface area contributed by atoms with Gasteiger partial charge in [-0.1, -0.05) is 51.1 Å². The van der Waals surface area contributed by atoms with Crippen LogP contribution in [0.3, 0.4) is 0 Å². The molecule has 0 heterocycles. The highest BCUT2D eigenvalue weighted by molar-refractivity contribution is 5.16. The van der Waals surface area contributed by atoms with Crippen molar-refractivity contribution in [3.05, 3.63) is 35.9 Å². The van der Waals surface area contributed by atoms with Gasteiger partial charge in [-0.3, -0.25) is 4.90 Å². The van der Waals surface area contributed by atoms with E-state index >= 15 is 0 Å². The molecule has 0 unspecified atom stereocenters. The number of nitriles is 1. The van der Waals surface area contributed by atoms with Crippen molar-refractivity contribution < 1.29 is 5.11 Å². The number of hydrogen-bond donors (Lipinski definition) is 1. The lowest BCUT2D eigenvalue weighted by atomic mass is 9.83. The Kier molecular flexibility index (Phi) is 5.55. The molecule has 0 radical (unpaired) electrons. The van der Waals surface area contributed by atoms with Crippen molar-refractivity contribution in [2.24, 2.45) is 5.41 Å². The van der Waals surface area contributed by atoms with Crippen molar-refractivity contribution in [3.63, 3.8) is 0 Å². The predicted octanol–water partition coefficient (Wildman–Crippen LogP) is 3.59. The van der Waals surface area contributed by atoms with Crippen molar-refractivity contribution >= 4 is 0 Å². The quantitative estimate of drug-likeness (QED) is 0.921. The van der Waals surface area contributed by atoms with E-state index in [1.807, 2.05) is 39.0 Å². The molecule has 0 saturated heterocycles. The molecule has 0 fully saturated rings. The lowest BCUT2D eigenvalue weighted by Crippen LogP contribution is -2.54. The zero-order valence-electron chi connectivity index (χ0n) is 14.1. The molecule has 0 bridgehead atoms. The Balaban J connectivity index is 3.10. The van der Waals surface area contributed by atoms with Crippen molar-refractivity contribution in [3.8, 4) is 6.07 Å². The number of hydrogen-bond acceptors (Lipinski definition) is 3. The second kappa shape index (κ2) is 6.60. The highest BCUT2D eigenvalue weighted by Crippen LogP contribution is 2.29. The standard InChI is InChI=1S/C18H28N2O/c1-17(2,3)16(21)15(12-19)20(18(4,5)6)13-14-10-8-7-9-11-14/h7-11,15-16,21H,13H2,1-6H3/t15-,16-/m1/s1. The molecule has 0 aliphatic rings. The summed E-state index contributed by atoms with van der Waals surface area (Å²) in [7, 11) is 0. The Morgan fingerprint density at radius 1 is 1.10 bits per heavy atom. The van der Waals surface area contributed by atoms with Gasteiger partial charge in [-0.05, 0) is 31.7 Å². The van der Waals surface area contributed by atoms with Gasteiger partial charge in [-0.25, -0.2) is 0 Å². The summed E-state index contributed by atoms with van der Waals surface area (Å²) < 4.78 is 0. The number of aliphatic hydroxyl groups is 1. The lowest BCUT2D eigenvalue weighted by molar-refractivity contribution is -0.0320. The molecule has 1 aromatic carbocycles. The molecular formula is C18H28N2O. The van der Waals surface area contributed by atoms with Crippen LogP contribution in [-0.2, 0) is 6.54 Å². The van der Waals surface area contributed by atoms with Gasteiger partial charge < -0.3 is 5.11 Å². The maximum atomic E-state index is 10.6. The van der Waals surface area contributed by atoms with E-state index in [-0.39, 0.29) is 11.0 Å². The second-order valence-electron chi connectivity index (χ2n) is 7.67. The van der Waals surface area contributed by atoms with E-state index in [4.69, 9.17) is 0 Å². The fraction of sp³-hybridized carbons (Fsp3) is 0.611. The van der Waals surface area contributed by atoms with Crippen LogP contribution in [0.2, 0.25) is 0 Å². The Morgan fingerprint density at radius 2 is 1.62 bits per heavy atom. The largest absolute Gasteiger partial charge is 0.390 e. The van der Waals surface area contributed by atoms with Crippen LogP contribution in [0.5, 0.6) is 0 Å². The van der Waals surface area contributed by atoms with Crippen molar-refractivity contribution in [1.82, 2.24) is 4.90 Å². The predicted molar refractivity (Wildman–Crippen MR) is 86.6 cm³/mol. The monoisotopic (exact) mass is 288 g/mol. The molecule has 1 rings (SSSR count). The molecule has 0 amide bonds. The third kappa shape index (κ3) is 4.84. The van der Waals surface area contributed by atoms with Gasteiger partial charge >= 0.3 is 0 Å². The number of nitrogens with zero attached hydrogens (tertiary/aromatic N) is 2. The first-order valence-corrected chi connectivity index (χ1v) is 7.45. The van der Waals surface area contributed by atoms with Gasteiger partial charge in [0.05, 0.1) is 12.2 Å². The summed E-state index contributed by atoms with van der Waals surface area (Å²) in [6.45, 7) is 12.8. The maximum absolute atomic E-state index is 10.6. The van der Waals surface area contributed by atoms with Crippen molar-refractivity contribution in [2.45, 2.75) is 65.8 Å². The fourth-order valence-corrected chi connectivity index (χ4v) is 2.32. The normalized spacial score (nSPS) is 15.6. The minimum atomic E-state index is -0.703. The average molecular weight is 288 g/mol. The molecule has 0 spiro atoms. The number of aliphatic hydroxyl groups excluding tert-OH is 1. The SMILES string of the molecule is CC(C)(C)[C@H](O)[C@@H](C#N)N(Cc1ccccc1)C(C)(C)C. The van der Waals surface area contributed by atoms with Crippen molar-refractivity contribution in [1.29, 1.82) is 5.26 Å². The molecule has 21 heavy (non-hydrogen) atoms. The van der Waals surface area contributed by atoms with E-state index in [1.165, 1.54) is 0 Å². The summed E-state index contributed by atoms with van der Waals surface area (Å²) >= 11 is 0. The van der Waals surface area contributed by atoms with Gasteiger partial charge in [0.2, 0.25) is 0 Å². The van der Waals surface area contributed by atoms with E-state index in [2.05, 4.69) is 43.9 Å². The fourth-order valence-electron chi connectivity index (χ4n) is 2.32. The van der Waals surface area contributed by atoms with Crippen LogP contribution in [0.25, 0.3) is 0 Å². The Morgan fingerprint density at radius 3 is 2.00 bits per heavy atom. The average Bonchev–Trinajstić information content (AvgIpc) is 2.37. The molecule has 1 N–H and O–H groups in total. The first-order valence-electron chi connectivity index (χ1n) is 7.45. The van der Waals surface area contributed by atoms with Gasteiger partial charge in [0.1, 0.15) is 6.04 Å². The Hall–Kier alpha value is -1.37. The van der Waals surface area contributed by atoms with Gasteiger partial charge in [0.15, 0.2) is 0 Å². The zero-order valence-corrected chi connectivity index (χ0v) is 14.1. The van der Waals surface area contributed by atoms with Crippen LogP contribution < -0.4 is 0 Å². The van der Waals surface area contributed by atoms with E-state index in [9.17, 15) is 10.4 Å². The van der Waals surface area contributed by atoms with E-state index < -0.39 is 12.1 Å². The molecule has 3 nitrogen and oxygen atoms in total. The number of benzene rings is 1. The molecule has 116 valence electrons. The van der Waals surface area contributed by atoms with Crippen LogP contribution in [0.4, 0.5) is 0 Å². The van der Waals surface area contributed by atoms with Crippen LogP contribution in [0.1, 0.15) is 47.1 Å². The molecule has 0 aromatic heterocycles. The Bertz CT molecular complexity index is 477. The summed E-state index contributed by atoms with van der Waals surface area (Å²) in [5.41, 5.74) is 0.608. The summed E-state index contributed by atoms with van der Waals surface area (Å²) in [4.78, 5) is 2.08. The van der Waals surface area contributed by atoms with Crippen LogP contribution in [0, 0.1) is 16.7 Å². The highest BCUT2D eigenvalue weighted by atomic mass is 16.3. The smallest absolute Gasteiger partial charge is 0.125 e. The zero-order chi connectivity index (χ0) is 16.3. The molecule has 0 aliphatic carbocycles. The second-order valence-corrected chi connectivity index (χ2v) is 7.67. The van der Waals surface area contributed by atoms with Crippen LogP contribution >= 0.6 is 0 Å². The maximum Gasteiger partial charge on any atom is 0.125 e. The summed E-state index contributed by atoms with van der Waals surface area (Å²) in [6.07, 6.45) is -0.703. The molecular weight excluding hydrogens is 260 g/mol. The molecule has 3 heteroatoms. The van der Waals surface area contributed by atoms with Gasteiger partial charge in [-0.2, -0.15) is 5.26 Å². The van der Waals surface area contributed by atoms with E-state index in [0.717, 1.165) is 5.56 Å². The van der Waals surface area contributed by atoms with Crippen molar-refractivity contribution in [2.75, 3.05) is 0 Å². The first-order chi connectivity index (χ1) is 9.57. The Labute approximate surface area is 129 Å². The minimum absolute atomic E-state index is 0.206. The van der Waals surface area contributed by atoms with Gasteiger partial charge in [-0.15, -0.1) is 0 Å². The van der Waals surface area contributed by atoms with E-state index in [0.29, 0.717) is 6.54 Å². The lowest BCUT2D eigenvalue weighted by Gasteiger charge is -2.43. The molecule has 0 aliphatic heterocycles. The molecule has 1 aromatic rings. The van der Waals surface area contributed by atoms with E-state index in [1.54, 1.807) is 0 Å². The third-order valence-corrected chi connectivity index (χ3v) is 3.71. The topological polar surface area (TPSA) is 47.3 Å². The summed E-state index contributed by atoms with van der Waals surface area (Å²) in [5, 5.41) is 20.2. The van der Waals surface area contributed by atoms with Crippen LogP contribution in [-0.4, -0.2) is 27.7 Å². The van der Waals surface area contributed by atoms with Crippen LogP contribution in [0.15, 0.2) is 30.3 Å². The minimum Gasteiger partial charge on any atom is -0.390 e. The molecule has 0 saturated carbocycles.